The number of carbonyl (C=O) groups is 1. The predicted molar refractivity (Wildman–Crippen MR) is 77.7 cm³/mol. The van der Waals surface area contributed by atoms with Gasteiger partial charge in [-0.25, -0.2) is 0 Å². The van der Waals surface area contributed by atoms with Crippen LogP contribution in [0.15, 0.2) is 4.52 Å². The van der Waals surface area contributed by atoms with Gasteiger partial charge in [0.15, 0.2) is 5.82 Å². The molecule has 0 aliphatic heterocycles. The van der Waals surface area contributed by atoms with Gasteiger partial charge in [0.2, 0.25) is 11.8 Å². The number of hydrogen-bond donors (Lipinski definition) is 1. The van der Waals surface area contributed by atoms with Crippen molar-refractivity contribution in [3.63, 3.8) is 0 Å². The lowest BCUT2D eigenvalue weighted by Gasteiger charge is -2.22. The van der Waals surface area contributed by atoms with E-state index in [4.69, 9.17) is 9.26 Å². The molecule has 2 rings (SSSR count). The van der Waals surface area contributed by atoms with E-state index in [1.54, 1.807) is 0 Å². The van der Waals surface area contributed by atoms with Crippen LogP contribution < -0.4 is 5.32 Å². The Morgan fingerprint density at radius 2 is 2.05 bits per heavy atom. The number of rotatable bonds is 5. The van der Waals surface area contributed by atoms with E-state index in [0.717, 1.165) is 6.42 Å². The largest absolute Gasteiger partial charge is 0.378 e. The molecular weight excluding hydrogens is 270 g/mol. The predicted octanol–water partition coefficient (Wildman–Crippen LogP) is 2.14. The molecule has 21 heavy (non-hydrogen) atoms. The number of nitrogens with zero attached hydrogens (tertiary/aromatic N) is 2. The molecule has 1 N–H and O–H groups in total. The molecule has 6 heteroatoms. The maximum absolute atomic E-state index is 12.2. The second kappa shape index (κ2) is 5.40. The summed E-state index contributed by atoms with van der Waals surface area (Å²) in [6.07, 6.45) is 0.844. The molecular formula is C15H25N3O3. The molecule has 0 bridgehead atoms. The van der Waals surface area contributed by atoms with Gasteiger partial charge in [-0.05, 0) is 27.2 Å². The molecule has 1 heterocycles. The number of nitrogens with one attached hydrogen (secondary N) is 1. The van der Waals surface area contributed by atoms with Crippen molar-refractivity contribution >= 4 is 5.91 Å². The van der Waals surface area contributed by atoms with Gasteiger partial charge in [0.05, 0.1) is 17.6 Å². The summed E-state index contributed by atoms with van der Waals surface area (Å²) < 4.78 is 10.7. The highest BCUT2D eigenvalue weighted by atomic mass is 16.5. The highest BCUT2D eigenvalue weighted by molar-refractivity contribution is 5.82. The van der Waals surface area contributed by atoms with Crippen LogP contribution in [-0.4, -0.2) is 28.8 Å². The first-order chi connectivity index (χ1) is 9.65. The molecule has 1 aliphatic carbocycles. The zero-order valence-electron chi connectivity index (χ0n) is 13.7. The third-order valence-electron chi connectivity index (χ3n) is 3.51. The monoisotopic (exact) mass is 295 g/mol. The average Bonchev–Trinajstić information content (AvgIpc) is 2.90. The van der Waals surface area contributed by atoms with Gasteiger partial charge in [-0.15, -0.1) is 0 Å². The zero-order chi connectivity index (χ0) is 15.8. The first kappa shape index (κ1) is 15.9. The number of hydrogen-bond acceptors (Lipinski definition) is 5. The Balaban J connectivity index is 2.02. The van der Waals surface area contributed by atoms with E-state index in [2.05, 4.69) is 15.5 Å². The van der Waals surface area contributed by atoms with Crippen molar-refractivity contribution in [2.45, 2.75) is 65.0 Å². The Labute approximate surface area is 125 Å². The Morgan fingerprint density at radius 3 is 2.57 bits per heavy atom. The average molecular weight is 295 g/mol. The van der Waals surface area contributed by atoms with E-state index >= 15 is 0 Å². The standard InChI is InChI=1S/C15H25N3O3/c1-7-20-10-8-9(10)11(19)17-15(5,6)12-16-13(21-18-12)14(2,3)4/h9-10H,7-8H2,1-6H3,(H,17,19)/t9-,10+/m1/s1. The minimum Gasteiger partial charge on any atom is -0.378 e. The molecule has 1 aliphatic rings. The Morgan fingerprint density at radius 1 is 1.38 bits per heavy atom. The smallest absolute Gasteiger partial charge is 0.232 e. The second-order valence-electron chi connectivity index (χ2n) is 7.12. The van der Waals surface area contributed by atoms with Crippen molar-refractivity contribution in [3.05, 3.63) is 11.7 Å². The molecule has 0 spiro atoms. The highest BCUT2D eigenvalue weighted by Gasteiger charge is 2.46. The van der Waals surface area contributed by atoms with Crippen molar-refractivity contribution in [2.24, 2.45) is 5.92 Å². The third-order valence-corrected chi connectivity index (χ3v) is 3.51. The van der Waals surface area contributed by atoms with Crippen LogP contribution in [0.5, 0.6) is 0 Å². The topological polar surface area (TPSA) is 77.2 Å². The van der Waals surface area contributed by atoms with Gasteiger partial charge in [-0.2, -0.15) is 4.98 Å². The summed E-state index contributed by atoms with van der Waals surface area (Å²) in [4.78, 5) is 16.6. The third kappa shape index (κ3) is 3.61. The molecule has 1 saturated carbocycles. The zero-order valence-corrected chi connectivity index (χ0v) is 13.7. The highest BCUT2D eigenvalue weighted by Crippen LogP contribution is 2.35. The van der Waals surface area contributed by atoms with E-state index in [-0.39, 0.29) is 23.3 Å². The Bertz CT molecular complexity index is 516. The van der Waals surface area contributed by atoms with Crippen molar-refractivity contribution < 1.29 is 14.1 Å². The molecule has 1 aromatic heterocycles. The van der Waals surface area contributed by atoms with Crippen LogP contribution in [0, 0.1) is 5.92 Å². The maximum atomic E-state index is 12.2. The van der Waals surface area contributed by atoms with Crippen molar-refractivity contribution in [2.75, 3.05) is 6.61 Å². The summed E-state index contributed by atoms with van der Waals surface area (Å²) in [6.45, 7) is 12.3. The van der Waals surface area contributed by atoms with Crippen LogP contribution in [0.4, 0.5) is 0 Å². The molecule has 0 unspecified atom stereocenters. The lowest BCUT2D eigenvalue weighted by Crippen LogP contribution is -2.43. The molecule has 6 nitrogen and oxygen atoms in total. The normalized spacial score (nSPS) is 22.2. The van der Waals surface area contributed by atoms with Crippen LogP contribution in [0.3, 0.4) is 0 Å². The maximum Gasteiger partial charge on any atom is 0.232 e. The quantitative estimate of drug-likeness (QED) is 0.900. The molecule has 0 aromatic carbocycles. The lowest BCUT2D eigenvalue weighted by atomic mass is 9.97. The van der Waals surface area contributed by atoms with Gasteiger partial charge in [0.25, 0.3) is 0 Å². The van der Waals surface area contributed by atoms with Crippen molar-refractivity contribution in [1.29, 1.82) is 0 Å². The number of ether oxygens (including phenoxy) is 1. The summed E-state index contributed by atoms with van der Waals surface area (Å²) in [5.74, 6) is 0.992. The van der Waals surface area contributed by atoms with E-state index < -0.39 is 5.54 Å². The fourth-order valence-corrected chi connectivity index (χ4v) is 2.08. The van der Waals surface area contributed by atoms with Gasteiger partial charge in [-0.1, -0.05) is 25.9 Å². The molecule has 2 atom stereocenters. The van der Waals surface area contributed by atoms with E-state index in [1.807, 2.05) is 41.5 Å². The first-order valence-corrected chi connectivity index (χ1v) is 7.43. The molecule has 0 radical (unpaired) electrons. The van der Waals surface area contributed by atoms with Gasteiger partial charge < -0.3 is 14.6 Å². The minimum atomic E-state index is -0.663. The van der Waals surface area contributed by atoms with Crippen molar-refractivity contribution in [1.82, 2.24) is 15.5 Å². The van der Waals surface area contributed by atoms with Crippen LogP contribution in [0.25, 0.3) is 0 Å². The molecule has 118 valence electrons. The lowest BCUT2D eigenvalue weighted by molar-refractivity contribution is -0.125. The van der Waals surface area contributed by atoms with Crippen LogP contribution in [-0.2, 0) is 20.5 Å². The van der Waals surface area contributed by atoms with Crippen LogP contribution >= 0.6 is 0 Å². The summed E-state index contributed by atoms with van der Waals surface area (Å²) in [5, 5.41) is 6.99. The Kier molecular flexibility index (Phi) is 4.10. The Hall–Kier alpha value is -1.43. The number of carbonyl (C=O) groups excluding carboxylic acids is 1. The summed E-state index contributed by atoms with van der Waals surface area (Å²) in [6, 6.07) is 0. The summed E-state index contributed by atoms with van der Waals surface area (Å²) in [7, 11) is 0. The van der Waals surface area contributed by atoms with Gasteiger partial charge in [0.1, 0.15) is 0 Å². The van der Waals surface area contributed by atoms with E-state index in [1.165, 1.54) is 0 Å². The van der Waals surface area contributed by atoms with E-state index in [0.29, 0.717) is 18.3 Å². The fraction of sp³-hybridized carbons (Fsp3) is 0.800. The minimum absolute atomic E-state index is 0.0134. The van der Waals surface area contributed by atoms with E-state index in [9.17, 15) is 4.79 Å². The number of aromatic nitrogens is 2. The first-order valence-electron chi connectivity index (χ1n) is 7.43. The van der Waals surface area contributed by atoms with Crippen LogP contribution in [0.1, 0.15) is 59.7 Å². The van der Waals surface area contributed by atoms with Crippen LogP contribution in [0.2, 0.25) is 0 Å². The summed E-state index contributed by atoms with van der Waals surface area (Å²) in [5.41, 5.74) is -0.870. The molecule has 1 fully saturated rings. The van der Waals surface area contributed by atoms with Gasteiger partial charge in [-0.3, -0.25) is 4.79 Å². The fourth-order valence-electron chi connectivity index (χ4n) is 2.08. The molecule has 1 amide bonds. The molecule has 0 saturated heterocycles. The van der Waals surface area contributed by atoms with Gasteiger partial charge in [0, 0.05) is 12.0 Å². The number of amides is 1. The summed E-state index contributed by atoms with van der Waals surface area (Å²) >= 11 is 0. The van der Waals surface area contributed by atoms with Crippen molar-refractivity contribution in [3.8, 4) is 0 Å². The molecule has 1 aromatic rings. The SMILES string of the molecule is CCO[C@H]1C[C@H]1C(=O)NC(C)(C)c1noc(C(C)(C)C)n1. The van der Waals surface area contributed by atoms with Gasteiger partial charge >= 0.3 is 0 Å². The second-order valence-corrected chi connectivity index (χ2v) is 7.12.